The van der Waals surface area contributed by atoms with Crippen LogP contribution in [-0.4, -0.2) is 15.5 Å². The predicted molar refractivity (Wildman–Crippen MR) is 94.6 cm³/mol. The smallest absolute Gasteiger partial charge is 0.224 e. The SMILES string of the molecule is [N-]=[N+]=NC(=O)C(CC1CCCCC1)C1c2ccccc2-c2cncn21. The number of azide groups is 1. The quantitative estimate of drug-likeness (QED) is 0.453. The average molecular weight is 335 g/mol. The third-order valence-electron chi connectivity index (χ3n) is 5.67. The van der Waals surface area contributed by atoms with Crippen LogP contribution in [0.4, 0.5) is 0 Å². The largest absolute Gasteiger partial charge is 0.322 e. The second-order valence-corrected chi connectivity index (χ2v) is 7.09. The van der Waals surface area contributed by atoms with Crippen LogP contribution in [0.5, 0.6) is 0 Å². The first-order valence-electron chi connectivity index (χ1n) is 8.99. The van der Waals surface area contributed by atoms with Gasteiger partial charge in [-0.05, 0) is 28.5 Å². The van der Waals surface area contributed by atoms with Crippen molar-refractivity contribution in [3.8, 4) is 11.3 Å². The summed E-state index contributed by atoms with van der Waals surface area (Å²) in [6.07, 6.45) is 10.5. The van der Waals surface area contributed by atoms with Gasteiger partial charge in [-0.15, -0.1) is 0 Å². The van der Waals surface area contributed by atoms with Gasteiger partial charge in [-0.2, -0.15) is 0 Å². The standard InChI is InChI=1S/C19H21N5O/c20-23-22-19(25)16(10-13-6-2-1-3-7-13)18-15-9-5-4-8-14(15)17-11-21-12-24(17)18/h4-5,8-9,11-13,16,18H,1-3,6-7,10H2. The fraction of sp³-hybridized carbons (Fsp3) is 0.474. The maximum Gasteiger partial charge on any atom is 0.224 e. The molecular weight excluding hydrogens is 314 g/mol. The third kappa shape index (κ3) is 2.83. The lowest BCUT2D eigenvalue weighted by atomic mass is 9.79. The minimum Gasteiger partial charge on any atom is -0.322 e. The molecule has 4 rings (SSSR count). The van der Waals surface area contributed by atoms with Crippen molar-refractivity contribution in [1.82, 2.24) is 9.55 Å². The fourth-order valence-corrected chi connectivity index (χ4v) is 4.55. The monoisotopic (exact) mass is 335 g/mol. The average Bonchev–Trinajstić information content (AvgIpc) is 3.22. The van der Waals surface area contributed by atoms with Crippen LogP contribution in [0.3, 0.4) is 0 Å². The Balaban J connectivity index is 1.74. The Morgan fingerprint density at radius 3 is 2.92 bits per heavy atom. The van der Waals surface area contributed by atoms with E-state index in [9.17, 15) is 4.79 Å². The lowest BCUT2D eigenvalue weighted by Crippen LogP contribution is -2.27. The molecule has 2 aromatic rings. The number of carbonyl (C=O) groups is 1. The van der Waals surface area contributed by atoms with Crippen LogP contribution in [0.15, 0.2) is 41.9 Å². The highest BCUT2D eigenvalue weighted by molar-refractivity contribution is 5.82. The zero-order valence-electron chi connectivity index (χ0n) is 14.1. The van der Waals surface area contributed by atoms with Crippen LogP contribution in [0.1, 0.15) is 50.1 Å². The third-order valence-corrected chi connectivity index (χ3v) is 5.67. The van der Waals surface area contributed by atoms with Crippen LogP contribution in [0.25, 0.3) is 21.7 Å². The summed E-state index contributed by atoms with van der Waals surface area (Å²) in [4.78, 5) is 19.7. The van der Waals surface area contributed by atoms with Crippen molar-refractivity contribution in [3.05, 3.63) is 52.8 Å². The molecule has 0 spiro atoms. The number of hydrogen-bond donors (Lipinski definition) is 0. The van der Waals surface area contributed by atoms with Gasteiger partial charge in [0.15, 0.2) is 0 Å². The molecule has 6 nitrogen and oxygen atoms in total. The van der Waals surface area contributed by atoms with Gasteiger partial charge in [0, 0.05) is 16.4 Å². The van der Waals surface area contributed by atoms with E-state index in [0.717, 1.165) is 36.1 Å². The molecule has 128 valence electrons. The molecule has 6 heteroatoms. The summed E-state index contributed by atoms with van der Waals surface area (Å²) in [5, 5.41) is 3.47. The summed E-state index contributed by atoms with van der Waals surface area (Å²) >= 11 is 0. The van der Waals surface area contributed by atoms with Gasteiger partial charge in [0.05, 0.1) is 24.3 Å². The maximum absolute atomic E-state index is 12.7. The number of nitrogens with zero attached hydrogens (tertiary/aromatic N) is 5. The second kappa shape index (κ2) is 6.73. The normalized spacial score (nSPS) is 20.4. The minimum atomic E-state index is -0.352. The number of benzene rings is 1. The Hall–Kier alpha value is -2.59. The Labute approximate surface area is 146 Å². The van der Waals surface area contributed by atoms with Gasteiger partial charge in [0.25, 0.3) is 0 Å². The Bertz CT molecular complexity index is 830. The lowest BCUT2D eigenvalue weighted by Gasteiger charge is -2.29. The molecule has 1 amide bonds. The highest BCUT2D eigenvalue weighted by Crippen LogP contribution is 2.45. The molecular formula is C19H21N5O. The molecule has 2 heterocycles. The van der Waals surface area contributed by atoms with Gasteiger partial charge in [-0.25, -0.2) is 4.98 Å². The van der Waals surface area contributed by atoms with Gasteiger partial charge in [-0.3, -0.25) is 4.79 Å². The number of aromatic nitrogens is 2. The number of hydrogen-bond acceptors (Lipinski definition) is 2. The second-order valence-electron chi connectivity index (χ2n) is 7.09. The minimum absolute atomic E-state index is 0.131. The summed E-state index contributed by atoms with van der Waals surface area (Å²) in [6.45, 7) is 0. The van der Waals surface area contributed by atoms with Crippen LogP contribution >= 0.6 is 0 Å². The van der Waals surface area contributed by atoms with E-state index >= 15 is 0 Å². The topological polar surface area (TPSA) is 83.7 Å². The summed E-state index contributed by atoms with van der Waals surface area (Å²) in [7, 11) is 0. The predicted octanol–water partition coefficient (Wildman–Crippen LogP) is 4.88. The molecule has 2 unspecified atom stereocenters. The van der Waals surface area contributed by atoms with Crippen LogP contribution in [-0.2, 0) is 4.79 Å². The molecule has 1 aromatic carbocycles. The highest BCUT2D eigenvalue weighted by Gasteiger charge is 2.38. The molecule has 2 aliphatic rings. The van der Waals surface area contributed by atoms with Crippen molar-refractivity contribution < 1.29 is 4.79 Å². The van der Waals surface area contributed by atoms with E-state index in [1.54, 1.807) is 6.33 Å². The molecule has 0 N–H and O–H groups in total. The zero-order valence-corrected chi connectivity index (χ0v) is 14.1. The van der Waals surface area contributed by atoms with E-state index in [1.807, 2.05) is 18.3 Å². The Morgan fingerprint density at radius 2 is 2.12 bits per heavy atom. The van der Waals surface area contributed by atoms with Crippen molar-refractivity contribution >= 4 is 5.91 Å². The summed E-state index contributed by atoms with van der Waals surface area (Å²) in [5.74, 6) is -0.165. The van der Waals surface area contributed by atoms with Gasteiger partial charge < -0.3 is 4.57 Å². The van der Waals surface area contributed by atoms with Gasteiger partial charge >= 0.3 is 0 Å². The molecule has 0 radical (unpaired) electrons. The van der Waals surface area contributed by atoms with Crippen molar-refractivity contribution in [1.29, 1.82) is 0 Å². The molecule has 1 aliphatic carbocycles. The number of rotatable bonds is 4. The van der Waals surface area contributed by atoms with Gasteiger partial charge in [-0.1, -0.05) is 56.4 Å². The zero-order chi connectivity index (χ0) is 17.2. The van der Waals surface area contributed by atoms with Gasteiger partial charge in [0.1, 0.15) is 0 Å². The summed E-state index contributed by atoms with van der Waals surface area (Å²) < 4.78 is 2.07. The van der Waals surface area contributed by atoms with Crippen molar-refractivity contribution in [2.24, 2.45) is 17.0 Å². The van der Waals surface area contributed by atoms with E-state index in [1.165, 1.54) is 19.3 Å². The molecule has 1 aliphatic heterocycles. The lowest BCUT2D eigenvalue weighted by molar-refractivity contribution is -0.123. The van der Waals surface area contributed by atoms with Crippen LogP contribution in [0, 0.1) is 11.8 Å². The maximum atomic E-state index is 12.7. The number of imidazole rings is 1. The van der Waals surface area contributed by atoms with E-state index in [2.05, 4.69) is 31.7 Å². The van der Waals surface area contributed by atoms with Crippen LogP contribution < -0.4 is 0 Å². The van der Waals surface area contributed by atoms with E-state index in [-0.39, 0.29) is 17.9 Å². The summed E-state index contributed by atoms with van der Waals surface area (Å²) in [5.41, 5.74) is 12.1. The molecule has 1 saturated carbocycles. The van der Waals surface area contributed by atoms with Crippen molar-refractivity contribution in [2.45, 2.75) is 44.6 Å². The molecule has 1 fully saturated rings. The van der Waals surface area contributed by atoms with Gasteiger partial charge in [0.2, 0.25) is 5.91 Å². The molecule has 0 bridgehead atoms. The Morgan fingerprint density at radius 1 is 1.32 bits per heavy atom. The van der Waals surface area contributed by atoms with E-state index < -0.39 is 0 Å². The highest BCUT2D eigenvalue weighted by atomic mass is 16.1. The Kier molecular flexibility index (Phi) is 4.28. The van der Waals surface area contributed by atoms with Crippen molar-refractivity contribution in [3.63, 3.8) is 0 Å². The van der Waals surface area contributed by atoms with Crippen molar-refractivity contribution in [2.75, 3.05) is 0 Å². The fourth-order valence-electron chi connectivity index (χ4n) is 4.55. The molecule has 25 heavy (non-hydrogen) atoms. The van der Waals surface area contributed by atoms with E-state index in [0.29, 0.717) is 5.92 Å². The number of carbonyl (C=O) groups excluding carboxylic acids is 1. The molecule has 1 aromatic heterocycles. The summed E-state index contributed by atoms with van der Waals surface area (Å²) in [6, 6.07) is 8.02. The first-order valence-corrected chi connectivity index (χ1v) is 8.99. The van der Waals surface area contributed by atoms with Crippen LogP contribution in [0.2, 0.25) is 0 Å². The number of amides is 1. The molecule has 0 saturated heterocycles. The van der Waals surface area contributed by atoms with E-state index in [4.69, 9.17) is 5.53 Å². The number of fused-ring (bicyclic) bond motifs is 3. The first kappa shape index (κ1) is 15.9. The first-order chi connectivity index (χ1) is 12.3. The molecule has 2 atom stereocenters.